The first-order chi connectivity index (χ1) is 68.5. The molecule has 0 N–H and O–H groups in total. The van der Waals surface area contributed by atoms with E-state index in [-0.39, 0.29) is 0 Å². The summed E-state index contributed by atoms with van der Waals surface area (Å²) in [6.45, 7) is 0. The summed E-state index contributed by atoms with van der Waals surface area (Å²) in [7, 11) is 0. The summed E-state index contributed by atoms with van der Waals surface area (Å²) in [5.74, 6) is 5.56. The number of fused-ring (bicyclic) bond motifs is 21. The van der Waals surface area contributed by atoms with Gasteiger partial charge in [0.2, 0.25) is 17.8 Å². The van der Waals surface area contributed by atoms with Crippen LogP contribution in [0.25, 0.3) is 245 Å². The highest BCUT2D eigenvalue weighted by Crippen LogP contribution is 2.47. The average Bonchev–Trinajstić information content (AvgIpc) is 1.55. The van der Waals surface area contributed by atoms with E-state index in [1.165, 1.54) is 81.8 Å². The third-order valence-electron chi connectivity index (χ3n) is 26.3. The summed E-state index contributed by atoms with van der Waals surface area (Å²) in [4.78, 5) is 45.7. The minimum atomic E-state index is 0.578. The summed E-state index contributed by atoms with van der Waals surface area (Å²) in [5.41, 5.74) is 24.6. The standard InChI is InChI=1S/C45H29N5.2C39H25N5/c1-4-14-30(15-5-1)31-24-26-33(27-25-31)44-46-43(32-16-6-2-7-17-32)47-45(48-44)50-39-23-13-11-21-37(39)41-40(50)29-28-36-35-20-10-12-22-38(35)49(42(36)41)34-18-8-3-9-19-34;2*1-4-14-26(15-5-1)37-40-38(27-16-6-2-7-17-27)42-39(41-37)44-33-23-13-11-21-31(33)35-34(44)25-24-30-29-20-10-12-22-32(29)43(36(30)35)28-18-8-3-9-19-28/h1-29H;2*1-25H. The number of hydrogen-bond donors (Lipinski definition) is 0. The number of rotatable bonds is 13. The number of hydrogen-bond acceptors (Lipinski definition) is 9. The largest absolute Gasteiger partial charge is 0.309 e. The first-order valence-electron chi connectivity index (χ1n) is 46.3. The van der Waals surface area contributed by atoms with Crippen LogP contribution in [0.3, 0.4) is 0 Å². The molecule has 0 saturated heterocycles. The molecule has 0 amide bonds. The molecule has 0 aliphatic carbocycles. The Morgan fingerprint density at radius 1 is 0.116 bits per heavy atom. The number of benzene rings is 19. The second-order valence-corrected chi connectivity index (χ2v) is 34.3. The predicted octanol–water partition coefficient (Wildman–Crippen LogP) is 29.9. The Labute approximate surface area is 791 Å². The van der Waals surface area contributed by atoms with Crippen molar-refractivity contribution in [3.05, 3.63) is 479 Å². The molecular weight excluding hydrogens is 1690 g/mol. The molecule has 646 valence electrons. The minimum Gasteiger partial charge on any atom is -0.309 e. The van der Waals surface area contributed by atoms with Crippen LogP contribution in [0.15, 0.2) is 479 Å². The van der Waals surface area contributed by atoms with Crippen molar-refractivity contribution < 1.29 is 0 Å². The second kappa shape index (κ2) is 33.7. The van der Waals surface area contributed by atoms with Gasteiger partial charge in [-0.25, -0.2) is 15.0 Å². The summed E-state index contributed by atoms with van der Waals surface area (Å²) < 4.78 is 13.8. The van der Waals surface area contributed by atoms with E-state index >= 15 is 0 Å². The van der Waals surface area contributed by atoms with Crippen molar-refractivity contribution in [3.8, 4) is 114 Å². The molecule has 19 aromatic carbocycles. The predicted molar refractivity (Wildman–Crippen MR) is 564 cm³/mol. The van der Waals surface area contributed by atoms with Crippen LogP contribution in [-0.2, 0) is 0 Å². The van der Waals surface area contributed by atoms with Gasteiger partial charge >= 0.3 is 0 Å². The van der Waals surface area contributed by atoms with Crippen molar-refractivity contribution in [2.75, 3.05) is 0 Å². The lowest BCUT2D eigenvalue weighted by molar-refractivity contribution is 0.953. The molecule has 9 aromatic heterocycles. The normalized spacial score (nSPS) is 11.6. The molecule has 0 bridgehead atoms. The highest BCUT2D eigenvalue weighted by molar-refractivity contribution is 6.29. The maximum atomic E-state index is 5.21. The van der Waals surface area contributed by atoms with Crippen LogP contribution in [0.5, 0.6) is 0 Å². The molecule has 0 saturated carbocycles. The molecule has 0 radical (unpaired) electrons. The Balaban J connectivity index is 0.000000107. The first-order valence-corrected chi connectivity index (χ1v) is 46.3. The lowest BCUT2D eigenvalue weighted by atomic mass is 10.0. The van der Waals surface area contributed by atoms with Gasteiger partial charge in [0.1, 0.15) is 0 Å². The third kappa shape index (κ3) is 13.6. The number of nitrogens with zero attached hydrogens (tertiary/aromatic N) is 15. The van der Waals surface area contributed by atoms with Crippen LogP contribution >= 0.6 is 0 Å². The molecule has 28 aromatic rings. The van der Waals surface area contributed by atoms with E-state index in [9.17, 15) is 0 Å². The summed E-state index contributed by atoms with van der Waals surface area (Å²) in [6.07, 6.45) is 0. The van der Waals surface area contributed by atoms with Crippen molar-refractivity contribution in [1.82, 2.24) is 72.3 Å². The van der Waals surface area contributed by atoms with E-state index in [2.05, 4.69) is 361 Å². The Kier molecular flexibility index (Phi) is 19.5. The number of aromatic nitrogens is 15. The van der Waals surface area contributed by atoms with Gasteiger partial charge in [0.05, 0.1) is 66.2 Å². The van der Waals surface area contributed by atoms with Crippen molar-refractivity contribution >= 4 is 131 Å². The zero-order valence-corrected chi connectivity index (χ0v) is 74.3. The molecule has 9 heterocycles. The van der Waals surface area contributed by atoms with Gasteiger partial charge in [0.25, 0.3) is 0 Å². The van der Waals surface area contributed by atoms with Crippen LogP contribution < -0.4 is 0 Å². The smallest absolute Gasteiger partial charge is 0.238 e. The minimum absolute atomic E-state index is 0.578. The Morgan fingerprint density at radius 3 is 0.543 bits per heavy atom. The molecule has 138 heavy (non-hydrogen) atoms. The third-order valence-corrected chi connectivity index (χ3v) is 26.3. The fraction of sp³-hybridized carbons (Fsp3) is 0. The Morgan fingerprint density at radius 2 is 0.297 bits per heavy atom. The zero-order valence-electron chi connectivity index (χ0n) is 74.3. The lowest BCUT2D eigenvalue weighted by Crippen LogP contribution is -2.06. The fourth-order valence-electron chi connectivity index (χ4n) is 20.3. The van der Waals surface area contributed by atoms with Crippen molar-refractivity contribution in [1.29, 1.82) is 0 Å². The molecule has 0 unspecified atom stereocenters. The van der Waals surface area contributed by atoms with E-state index in [1.54, 1.807) is 0 Å². The van der Waals surface area contributed by atoms with Crippen LogP contribution in [0.4, 0.5) is 0 Å². The van der Waals surface area contributed by atoms with Crippen molar-refractivity contribution in [2.24, 2.45) is 0 Å². The maximum absolute atomic E-state index is 5.21. The Bertz CT molecular complexity index is 9070. The monoisotopic (exact) mass is 1770 g/mol. The van der Waals surface area contributed by atoms with Gasteiger partial charge in [-0.05, 0) is 102 Å². The first kappa shape index (κ1) is 79.9. The summed E-state index contributed by atoms with van der Waals surface area (Å²) in [6, 6.07) is 166. The molecule has 28 rings (SSSR count). The molecular formula is C123H79N15. The van der Waals surface area contributed by atoms with Crippen LogP contribution in [-0.4, -0.2) is 72.3 Å². The van der Waals surface area contributed by atoms with Gasteiger partial charge in [0.15, 0.2) is 34.9 Å². The van der Waals surface area contributed by atoms with Crippen LogP contribution in [0.1, 0.15) is 0 Å². The van der Waals surface area contributed by atoms with Gasteiger partial charge < -0.3 is 13.7 Å². The topological polar surface area (TPSA) is 146 Å². The molecule has 0 aliphatic rings. The van der Waals surface area contributed by atoms with E-state index in [1.807, 2.05) is 146 Å². The molecule has 15 nitrogen and oxygen atoms in total. The van der Waals surface area contributed by atoms with Crippen molar-refractivity contribution in [2.45, 2.75) is 0 Å². The molecule has 0 spiro atoms. The van der Waals surface area contributed by atoms with Crippen LogP contribution in [0, 0.1) is 0 Å². The quantitative estimate of drug-likeness (QED) is 0.110. The van der Waals surface area contributed by atoms with Gasteiger partial charge in [0, 0.05) is 115 Å². The average molecular weight is 1770 g/mol. The van der Waals surface area contributed by atoms with Crippen LogP contribution in [0.2, 0.25) is 0 Å². The summed E-state index contributed by atoms with van der Waals surface area (Å²) in [5, 5.41) is 14.2. The summed E-state index contributed by atoms with van der Waals surface area (Å²) >= 11 is 0. The zero-order chi connectivity index (χ0) is 91.1. The SMILES string of the molecule is c1ccc(-c2ccc(-c3nc(-c4ccccc4)nc(-n4c5ccccc5c5c4ccc4c6ccccc6n(-c6ccccc6)c45)n3)cc2)cc1.c1ccc(-c2nc(-c3ccccc3)nc(-n3c4ccccc4c4c3ccc3c5ccccc5n(-c5ccccc5)c34)n2)cc1.c1ccc(-c2nc(-c3ccccc3)nc(-n3c4ccccc4c4c3ccc3c5ccccc5n(-c5ccccc5)c34)n2)cc1. The fourth-order valence-corrected chi connectivity index (χ4v) is 20.3. The maximum Gasteiger partial charge on any atom is 0.238 e. The highest BCUT2D eigenvalue weighted by atomic mass is 15.2. The number of para-hydroxylation sites is 9. The second-order valence-electron chi connectivity index (χ2n) is 34.3. The molecule has 0 fully saturated rings. The van der Waals surface area contributed by atoms with E-state index < -0.39 is 0 Å². The molecule has 0 aliphatic heterocycles. The van der Waals surface area contributed by atoms with Gasteiger partial charge in [-0.1, -0.05) is 388 Å². The van der Waals surface area contributed by atoms with E-state index in [0.29, 0.717) is 52.8 Å². The molecule has 0 atom stereocenters. The van der Waals surface area contributed by atoms with Gasteiger partial charge in [-0.15, -0.1) is 0 Å². The Hall–Kier alpha value is -19.0. The van der Waals surface area contributed by atoms with Gasteiger partial charge in [-0.2, -0.15) is 29.9 Å². The lowest BCUT2D eigenvalue weighted by Gasteiger charge is -2.11. The highest BCUT2D eigenvalue weighted by Gasteiger charge is 2.29. The van der Waals surface area contributed by atoms with E-state index in [0.717, 1.165) is 111 Å². The van der Waals surface area contributed by atoms with E-state index in [4.69, 9.17) is 44.9 Å². The van der Waals surface area contributed by atoms with Crippen molar-refractivity contribution in [3.63, 3.8) is 0 Å². The van der Waals surface area contributed by atoms with Gasteiger partial charge in [-0.3, -0.25) is 13.7 Å². The molecule has 15 heteroatoms.